The molecule has 0 aliphatic carbocycles. The predicted molar refractivity (Wildman–Crippen MR) is 293 cm³/mol. The maximum Gasteiger partial charge on any atom is 0.245 e. The molecular formula is C52H71ClN10O12S2. The number of phenolic OH excluding ortho intramolecular Hbond substituents is 2. The highest BCUT2D eigenvalue weighted by Crippen LogP contribution is 2.26. The molecule has 25 heteroatoms. The Bertz CT molecular complexity index is 2480. The average molecular weight is 1130 g/mol. The van der Waals surface area contributed by atoms with Gasteiger partial charge in [-0.3, -0.25) is 43.2 Å². The lowest BCUT2D eigenvalue weighted by molar-refractivity contribution is -0.137. The molecule has 0 unspecified atom stereocenters. The number of ketones is 1. The van der Waals surface area contributed by atoms with Gasteiger partial charge in [-0.2, -0.15) is 0 Å². The van der Waals surface area contributed by atoms with Crippen LogP contribution in [0.3, 0.4) is 0 Å². The standard InChI is InChI=1S/C52H71ClN10O12S2/c1-29(64)45-52(75)62-42(51(74)60-40(46(56)69)25-32-14-20-36(66)21-15-32)28-77-76-27-41(61-48(71)37(54)24-31-10-16-34(53)17-11-31)43(67)26-33(23-30-12-18-35(65)19-13-30)47(70)58-38(7-3-4-9-44(55)68)49(72)59-39(50(73)63-45)8-5-6-22-57-2/h10-21,29,33,37-42,45,57,64-66H,3-9,22-28,54H2,1-2H3,(H2,55,68)(H2,56,69)(H,58,70)(H,59,72)(H,60,74)(H,61,71)(H,62,75)(H,63,73)/t29-,33-,37+,38-,39+,40-,41-,42+,45+/m1/s1. The summed E-state index contributed by atoms with van der Waals surface area (Å²) < 4.78 is 0. The molecule has 1 fully saturated rings. The zero-order valence-corrected chi connectivity index (χ0v) is 45.4. The summed E-state index contributed by atoms with van der Waals surface area (Å²) in [6.45, 7) is 1.77. The van der Waals surface area contributed by atoms with Gasteiger partial charge in [0.05, 0.1) is 18.2 Å². The molecule has 8 amide bonds. The first-order valence-corrected chi connectivity index (χ1v) is 28.1. The van der Waals surface area contributed by atoms with Crippen molar-refractivity contribution >= 4 is 86.2 Å². The maximum absolute atomic E-state index is 14.7. The van der Waals surface area contributed by atoms with E-state index in [4.69, 9.17) is 28.8 Å². The number of benzene rings is 3. The van der Waals surface area contributed by atoms with Gasteiger partial charge in [0.25, 0.3) is 0 Å². The number of primary amides is 2. The van der Waals surface area contributed by atoms with Crippen molar-refractivity contribution in [3.8, 4) is 11.5 Å². The quantitative estimate of drug-likeness (QED) is 0.0475. The summed E-state index contributed by atoms with van der Waals surface area (Å²) in [6.07, 6.45) is -0.899. The van der Waals surface area contributed by atoms with Gasteiger partial charge < -0.3 is 69.7 Å². The Kier molecular flexibility index (Phi) is 26.5. The minimum Gasteiger partial charge on any atom is -0.508 e. The summed E-state index contributed by atoms with van der Waals surface area (Å²) in [5, 5.41) is 50.2. The number of halogens is 1. The van der Waals surface area contributed by atoms with Crippen molar-refractivity contribution in [2.75, 3.05) is 25.1 Å². The number of unbranched alkanes of at least 4 members (excludes halogenated alkanes) is 2. The van der Waals surface area contributed by atoms with Gasteiger partial charge in [-0.05, 0) is 119 Å². The van der Waals surface area contributed by atoms with E-state index in [0.717, 1.165) is 21.6 Å². The van der Waals surface area contributed by atoms with Gasteiger partial charge in [0, 0.05) is 41.7 Å². The lowest BCUT2D eigenvalue weighted by Gasteiger charge is -2.29. The molecule has 3 aromatic carbocycles. The minimum absolute atomic E-state index is 0.0264. The second-order valence-corrected chi connectivity index (χ2v) is 21.8. The molecule has 0 spiro atoms. The summed E-state index contributed by atoms with van der Waals surface area (Å²) in [4.78, 5) is 125. The third kappa shape index (κ3) is 22.2. The van der Waals surface area contributed by atoms with Crippen LogP contribution in [-0.2, 0) is 62.4 Å². The molecule has 16 N–H and O–H groups in total. The van der Waals surface area contributed by atoms with Crippen molar-refractivity contribution < 1.29 is 58.5 Å². The van der Waals surface area contributed by atoms with Crippen molar-refractivity contribution in [2.45, 2.75) is 126 Å². The zero-order chi connectivity index (χ0) is 56.6. The topological polar surface area (TPSA) is 377 Å². The molecule has 4 rings (SSSR count). The van der Waals surface area contributed by atoms with E-state index in [0.29, 0.717) is 41.1 Å². The predicted octanol–water partition coefficient (Wildman–Crippen LogP) is 0.287. The molecule has 1 aliphatic heterocycles. The van der Waals surface area contributed by atoms with Gasteiger partial charge in [0.1, 0.15) is 41.7 Å². The van der Waals surface area contributed by atoms with Crippen LogP contribution < -0.4 is 54.4 Å². The maximum atomic E-state index is 14.7. The first-order valence-electron chi connectivity index (χ1n) is 25.2. The van der Waals surface area contributed by atoms with Gasteiger partial charge in [0.15, 0.2) is 5.78 Å². The van der Waals surface area contributed by atoms with Gasteiger partial charge in [-0.1, -0.05) is 76.0 Å². The number of rotatable bonds is 22. The molecule has 3 aromatic rings. The third-order valence-corrected chi connectivity index (χ3v) is 15.2. The molecular weight excluding hydrogens is 1060 g/mol. The van der Waals surface area contributed by atoms with E-state index in [2.05, 4.69) is 37.2 Å². The van der Waals surface area contributed by atoms with Crippen LogP contribution >= 0.6 is 33.2 Å². The summed E-state index contributed by atoms with van der Waals surface area (Å²) in [6, 6.07) is 8.63. The van der Waals surface area contributed by atoms with Crippen molar-refractivity contribution in [3.63, 3.8) is 0 Å². The Morgan fingerprint density at radius 2 is 1.26 bits per heavy atom. The molecule has 9 atom stereocenters. The van der Waals surface area contributed by atoms with E-state index < -0.39 is 114 Å². The lowest BCUT2D eigenvalue weighted by Crippen LogP contribution is -2.61. The van der Waals surface area contributed by atoms with Crippen LogP contribution in [0.5, 0.6) is 11.5 Å². The molecule has 1 heterocycles. The number of aromatic hydroxyl groups is 2. The number of nitrogens with one attached hydrogen (secondary N) is 7. The van der Waals surface area contributed by atoms with Crippen LogP contribution in [0.25, 0.3) is 0 Å². The number of phenols is 2. The smallest absolute Gasteiger partial charge is 0.245 e. The molecule has 420 valence electrons. The summed E-state index contributed by atoms with van der Waals surface area (Å²) >= 11 is 6.07. The minimum atomic E-state index is -1.72. The summed E-state index contributed by atoms with van der Waals surface area (Å²) in [5.41, 5.74) is 19.2. The molecule has 1 saturated heterocycles. The molecule has 0 bridgehead atoms. The molecule has 22 nitrogen and oxygen atoms in total. The SMILES string of the molecule is CNCCCC[C@@H]1NC(=O)[C@@H](CCCCC(N)=O)NC(=O)[C@H](Cc2ccc(O)cc2)CC(=O)[C@H](NC(=O)[C@@H](N)Cc2ccc(Cl)cc2)CSSC[C@@H](C(=O)N[C@H](Cc2ccc(O)cc2)C(N)=O)NC(=O)[C@H]([C@@H](C)O)NC1=O. The Hall–Kier alpha value is -6.44. The number of carbonyl (C=O) groups excluding carboxylic acids is 9. The Balaban J connectivity index is 1.80. The fourth-order valence-electron chi connectivity index (χ4n) is 8.12. The first kappa shape index (κ1) is 63.1. The van der Waals surface area contributed by atoms with Gasteiger partial charge in [-0.15, -0.1) is 0 Å². The van der Waals surface area contributed by atoms with E-state index in [9.17, 15) is 58.5 Å². The highest BCUT2D eigenvalue weighted by molar-refractivity contribution is 8.76. The summed E-state index contributed by atoms with van der Waals surface area (Å²) in [7, 11) is 3.73. The van der Waals surface area contributed by atoms with E-state index in [1.165, 1.54) is 43.3 Å². The van der Waals surface area contributed by atoms with Crippen LogP contribution in [0.2, 0.25) is 5.02 Å². The highest BCUT2D eigenvalue weighted by Gasteiger charge is 2.36. The van der Waals surface area contributed by atoms with Crippen LogP contribution in [0.4, 0.5) is 0 Å². The fraction of sp³-hybridized carbons (Fsp3) is 0.481. The second-order valence-electron chi connectivity index (χ2n) is 18.9. The normalized spacial score (nSPS) is 21.4. The molecule has 0 saturated carbocycles. The molecule has 0 aromatic heterocycles. The number of carbonyl (C=O) groups is 9. The van der Waals surface area contributed by atoms with Crippen molar-refractivity contribution in [1.82, 2.24) is 37.2 Å². The van der Waals surface area contributed by atoms with Crippen LogP contribution in [-0.4, -0.2) is 142 Å². The van der Waals surface area contributed by atoms with E-state index >= 15 is 0 Å². The average Bonchev–Trinajstić information content (AvgIpc) is 3.38. The lowest BCUT2D eigenvalue weighted by atomic mass is 9.91. The molecule has 1 aliphatic rings. The van der Waals surface area contributed by atoms with E-state index in [1.54, 1.807) is 43.4 Å². The molecule has 0 radical (unpaired) electrons. The largest absolute Gasteiger partial charge is 0.508 e. The third-order valence-electron chi connectivity index (χ3n) is 12.5. The van der Waals surface area contributed by atoms with Crippen molar-refractivity contribution in [1.29, 1.82) is 0 Å². The number of nitrogens with two attached hydrogens (primary N) is 3. The van der Waals surface area contributed by atoms with Gasteiger partial charge >= 0.3 is 0 Å². The van der Waals surface area contributed by atoms with Gasteiger partial charge in [0.2, 0.25) is 47.3 Å². The number of hydrogen-bond donors (Lipinski definition) is 13. The monoisotopic (exact) mass is 1130 g/mol. The van der Waals surface area contributed by atoms with Crippen molar-refractivity contribution in [2.24, 2.45) is 23.1 Å². The molecule has 77 heavy (non-hydrogen) atoms. The van der Waals surface area contributed by atoms with Crippen molar-refractivity contribution in [3.05, 3.63) is 94.5 Å². The summed E-state index contributed by atoms with van der Waals surface area (Å²) in [5.74, 6) is -9.01. The number of Topliss-reactive ketones (excluding diaryl/α,β-unsaturated/α-hetero) is 1. The number of amides is 8. The Morgan fingerprint density at radius 3 is 1.84 bits per heavy atom. The Morgan fingerprint density at radius 1 is 0.714 bits per heavy atom. The van der Waals surface area contributed by atoms with E-state index in [-0.39, 0.29) is 74.4 Å². The van der Waals surface area contributed by atoms with Crippen LogP contribution in [0.1, 0.15) is 75.0 Å². The Labute approximate surface area is 460 Å². The van der Waals surface area contributed by atoms with Crippen LogP contribution in [0, 0.1) is 5.92 Å². The van der Waals surface area contributed by atoms with Crippen LogP contribution in [0.15, 0.2) is 72.8 Å². The van der Waals surface area contributed by atoms with E-state index in [1.807, 2.05) is 0 Å². The zero-order valence-electron chi connectivity index (χ0n) is 43.0. The van der Waals surface area contributed by atoms with Gasteiger partial charge in [-0.25, -0.2) is 0 Å². The number of hydrogen-bond acceptors (Lipinski definition) is 16. The number of aliphatic hydroxyl groups is 1. The number of aliphatic hydroxyl groups excluding tert-OH is 1. The fourth-order valence-corrected chi connectivity index (χ4v) is 10.6. The first-order chi connectivity index (χ1) is 36.6. The second kappa shape index (κ2) is 32.3. The highest BCUT2D eigenvalue weighted by atomic mass is 35.5.